The van der Waals surface area contributed by atoms with E-state index in [9.17, 15) is 19.7 Å². The third-order valence-electron chi connectivity index (χ3n) is 2.44. The van der Waals surface area contributed by atoms with Crippen molar-refractivity contribution in [2.24, 2.45) is 0 Å². The van der Waals surface area contributed by atoms with Gasteiger partial charge >= 0.3 is 11.9 Å². The zero-order valence-corrected chi connectivity index (χ0v) is 10.7. The van der Waals surface area contributed by atoms with E-state index in [0.29, 0.717) is 19.3 Å². The van der Waals surface area contributed by atoms with E-state index < -0.39 is 12.0 Å². The van der Waals surface area contributed by atoms with Gasteiger partial charge in [0.25, 0.3) is 0 Å². The van der Waals surface area contributed by atoms with Gasteiger partial charge in [-0.15, -0.1) is 0 Å². The van der Waals surface area contributed by atoms with Crippen molar-refractivity contribution in [3.05, 3.63) is 10.1 Å². The summed E-state index contributed by atoms with van der Waals surface area (Å²) in [5.74, 6) is -0.798. The molecule has 18 heavy (non-hydrogen) atoms. The summed E-state index contributed by atoms with van der Waals surface area (Å²) in [5.41, 5.74) is 0. The van der Waals surface area contributed by atoms with Gasteiger partial charge < -0.3 is 9.47 Å². The van der Waals surface area contributed by atoms with Gasteiger partial charge in [0.1, 0.15) is 0 Å². The van der Waals surface area contributed by atoms with Crippen molar-refractivity contribution in [3.8, 4) is 0 Å². The summed E-state index contributed by atoms with van der Waals surface area (Å²) in [6.07, 6.45) is 1.76. The molecule has 1 unspecified atom stereocenters. The molecule has 1 atom stereocenters. The van der Waals surface area contributed by atoms with Crippen molar-refractivity contribution >= 4 is 11.9 Å². The minimum atomic E-state index is -0.749. The fourth-order valence-corrected chi connectivity index (χ4v) is 1.44. The van der Waals surface area contributed by atoms with Crippen LogP contribution in [0.2, 0.25) is 0 Å². The van der Waals surface area contributed by atoms with Gasteiger partial charge in [-0.25, -0.2) is 0 Å². The minimum Gasteiger partial charge on any atom is -0.469 e. The van der Waals surface area contributed by atoms with Gasteiger partial charge in [-0.2, -0.15) is 0 Å². The molecular formula is C11H19NO6. The summed E-state index contributed by atoms with van der Waals surface area (Å²) in [6, 6.07) is -0.749. The first-order chi connectivity index (χ1) is 8.47. The monoisotopic (exact) mass is 261 g/mol. The number of ether oxygens (including phenoxy) is 2. The normalized spacial score (nSPS) is 11.7. The van der Waals surface area contributed by atoms with Crippen LogP contribution in [0.25, 0.3) is 0 Å². The van der Waals surface area contributed by atoms with E-state index in [2.05, 4.69) is 4.74 Å². The van der Waals surface area contributed by atoms with Gasteiger partial charge in [-0.1, -0.05) is 0 Å². The molecule has 0 heterocycles. The lowest BCUT2D eigenvalue weighted by atomic mass is 10.1. The summed E-state index contributed by atoms with van der Waals surface area (Å²) in [7, 11) is 1.25. The maximum absolute atomic E-state index is 10.9. The summed E-state index contributed by atoms with van der Waals surface area (Å²) < 4.78 is 9.15. The predicted octanol–water partition coefficient (Wildman–Crippen LogP) is 1.32. The van der Waals surface area contributed by atoms with Crippen molar-refractivity contribution in [1.29, 1.82) is 0 Å². The zero-order valence-electron chi connectivity index (χ0n) is 10.7. The topological polar surface area (TPSA) is 95.7 Å². The average Bonchev–Trinajstić information content (AvgIpc) is 2.31. The molecule has 0 amide bonds. The van der Waals surface area contributed by atoms with Crippen LogP contribution in [0.1, 0.15) is 39.0 Å². The van der Waals surface area contributed by atoms with Crippen LogP contribution in [0.3, 0.4) is 0 Å². The lowest BCUT2D eigenvalue weighted by Crippen LogP contribution is -2.21. The van der Waals surface area contributed by atoms with Crippen LogP contribution >= 0.6 is 0 Å². The highest BCUT2D eigenvalue weighted by Gasteiger charge is 2.20. The number of esters is 2. The molecule has 0 bridgehead atoms. The Hall–Kier alpha value is -1.66. The van der Waals surface area contributed by atoms with E-state index >= 15 is 0 Å². The Morgan fingerprint density at radius 1 is 1.28 bits per heavy atom. The molecule has 0 aliphatic heterocycles. The van der Waals surface area contributed by atoms with Gasteiger partial charge in [-0.3, -0.25) is 19.7 Å². The highest BCUT2D eigenvalue weighted by atomic mass is 16.6. The molecule has 0 fully saturated rings. The predicted molar refractivity (Wildman–Crippen MR) is 62.5 cm³/mol. The summed E-state index contributed by atoms with van der Waals surface area (Å²) in [5, 5.41) is 10.7. The van der Waals surface area contributed by atoms with Crippen LogP contribution in [-0.2, 0) is 19.1 Å². The van der Waals surface area contributed by atoms with Crippen LogP contribution in [0.5, 0.6) is 0 Å². The third kappa shape index (κ3) is 8.49. The fourth-order valence-electron chi connectivity index (χ4n) is 1.44. The van der Waals surface area contributed by atoms with Crippen LogP contribution in [-0.4, -0.2) is 36.6 Å². The van der Waals surface area contributed by atoms with Crippen LogP contribution < -0.4 is 0 Å². The Balaban J connectivity index is 3.80. The second-order valence-electron chi connectivity index (χ2n) is 3.89. The van der Waals surface area contributed by atoms with Crippen molar-refractivity contribution in [2.45, 2.75) is 45.1 Å². The summed E-state index contributed by atoms with van der Waals surface area (Å²) >= 11 is 0. The highest BCUT2D eigenvalue weighted by Crippen LogP contribution is 2.11. The molecule has 0 aliphatic carbocycles. The Labute approximate surface area is 106 Å². The molecule has 0 saturated heterocycles. The maximum Gasteiger partial charge on any atom is 0.305 e. The number of carbonyl (C=O) groups is 2. The number of carbonyl (C=O) groups excluding carboxylic acids is 2. The molecule has 0 N–H and O–H groups in total. The molecule has 0 aromatic rings. The molecule has 7 heteroatoms. The Morgan fingerprint density at radius 2 is 1.94 bits per heavy atom. The van der Waals surface area contributed by atoms with Crippen LogP contribution in [0.15, 0.2) is 0 Å². The second-order valence-corrected chi connectivity index (χ2v) is 3.89. The van der Waals surface area contributed by atoms with E-state index in [1.54, 1.807) is 0 Å². The number of rotatable bonds is 9. The molecule has 0 radical (unpaired) electrons. The van der Waals surface area contributed by atoms with Gasteiger partial charge in [0.15, 0.2) is 0 Å². The van der Waals surface area contributed by atoms with Gasteiger partial charge in [0.05, 0.1) is 20.1 Å². The smallest absolute Gasteiger partial charge is 0.305 e. The molecule has 7 nitrogen and oxygen atoms in total. The first-order valence-corrected chi connectivity index (χ1v) is 5.81. The summed E-state index contributed by atoms with van der Waals surface area (Å²) in [6.45, 7) is 1.59. The average molecular weight is 261 g/mol. The second kappa shape index (κ2) is 9.38. The summed E-state index contributed by atoms with van der Waals surface area (Å²) in [4.78, 5) is 31.7. The van der Waals surface area contributed by atoms with Crippen molar-refractivity contribution < 1.29 is 24.0 Å². The van der Waals surface area contributed by atoms with Crippen molar-refractivity contribution in [3.63, 3.8) is 0 Å². The van der Waals surface area contributed by atoms with Gasteiger partial charge in [-0.05, 0) is 12.8 Å². The zero-order chi connectivity index (χ0) is 14.0. The van der Waals surface area contributed by atoms with Crippen molar-refractivity contribution in [1.82, 2.24) is 0 Å². The number of nitrogens with zero attached hydrogens (tertiary/aromatic N) is 1. The highest BCUT2D eigenvalue weighted by molar-refractivity contribution is 5.69. The van der Waals surface area contributed by atoms with E-state index in [0.717, 1.165) is 0 Å². The van der Waals surface area contributed by atoms with Crippen molar-refractivity contribution in [2.75, 3.05) is 13.7 Å². The number of hydrogen-bond acceptors (Lipinski definition) is 6. The lowest BCUT2D eigenvalue weighted by molar-refractivity contribution is -0.524. The molecule has 0 aromatic carbocycles. The van der Waals surface area contributed by atoms with E-state index in [-0.39, 0.29) is 30.3 Å². The van der Waals surface area contributed by atoms with Gasteiger partial charge in [0, 0.05) is 24.7 Å². The SMILES string of the molecule is COC(=O)CCC(CCCCOC(C)=O)[N+](=O)[O-]. The Kier molecular flexibility index (Phi) is 8.51. The Bertz CT molecular complexity index is 291. The minimum absolute atomic E-state index is 0.0477. The first-order valence-electron chi connectivity index (χ1n) is 5.81. The van der Waals surface area contributed by atoms with Crippen LogP contribution in [0, 0.1) is 10.1 Å². The largest absolute Gasteiger partial charge is 0.469 e. The standard InChI is InChI=1S/C11H19NO6/c1-9(13)18-8-4-3-5-10(12(15)16)6-7-11(14)17-2/h10H,3-8H2,1-2H3. The van der Waals surface area contributed by atoms with E-state index in [1.165, 1.54) is 14.0 Å². The maximum atomic E-state index is 10.9. The number of unbranched alkanes of at least 4 members (excludes halogenated alkanes) is 1. The van der Waals surface area contributed by atoms with Gasteiger partial charge in [0.2, 0.25) is 6.04 Å². The number of nitro groups is 1. The Morgan fingerprint density at radius 3 is 2.44 bits per heavy atom. The third-order valence-corrected chi connectivity index (χ3v) is 2.44. The molecule has 104 valence electrons. The van der Waals surface area contributed by atoms with E-state index in [4.69, 9.17) is 4.74 Å². The van der Waals surface area contributed by atoms with E-state index in [1.807, 2.05) is 0 Å². The quantitative estimate of drug-likeness (QED) is 0.269. The molecule has 0 spiro atoms. The molecule has 0 aromatic heterocycles. The number of methoxy groups -OCH3 is 1. The molecule has 0 saturated carbocycles. The van der Waals surface area contributed by atoms with Crippen LogP contribution in [0.4, 0.5) is 0 Å². The molecule has 0 rings (SSSR count). The lowest BCUT2D eigenvalue weighted by Gasteiger charge is -2.08. The molecular weight excluding hydrogens is 242 g/mol. The first kappa shape index (κ1) is 16.3. The molecule has 0 aliphatic rings. The fraction of sp³-hybridized carbons (Fsp3) is 0.818. The number of hydrogen-bond donors (Lipinski definition) is 0.